The Hall–Kier alpha value is -0.740. The number of carbonyl (C=O) groups is 1. The molecule has 0 atom stereocenters. The minimum Gasteiger partial charge on any atom is -0.398 e. The summed E-state index contributed by atoms with van der Waals surface area (Å²) < 4.78 is 0.876. The highest BCUT2D eigenvalue weighted by Gasteiger charge is 2.12. The lowest BCUT2D eigenvalue weighted by molar-refractivity contribution is 0.0950. The maximum absolute atomic E-state index is 11.9. The molecule has 0 spiro atoms. The number of nitrogens with one attached hydrogen (secondary N) is 1. The van der Waals surface area contributed by atoms with Crippen molar-refractivity contribution in [2.75, 3.05) is 12.3 Å². The lowest BCUT2D eigenvalue weighted by Gasteiger charge is -2.18. The van der Waals surface area contributed by atoms with Gasteiger partial charge in [0.05, 0.1) is 5.56 Å². The van der Waals surface area contributed by atoms with Gasteiger partial charge in [-0.3, -0.25) is 4.79 Å². The molecule has 0 fully saturated rings. The summed E-state index contributed by atoms with van der Waals surface area (Å²) in [6, 6.07) is 5.28. The van der Waals surface area contributed by atoms with Gasteiger partial charge in [0.25, 0.3) is 5.91 Å². The number of halogens is 2. The third kappa shape index (κ3) is 5.74. The van der Waals surface area contributed by atoms with Crippen LogP contribution in [-0.4, -0.2) is 12.5 Å². The zero-order chi connectivity index (χ0) is 13.1. The third-order valence-corrected chi connectivity index (χ3v) is 2.91. The number of anilines is 1. The van der Waals surface area contributed by atoms with E-state index >= 15 is 0 Å². The standard InChI is InChI=1S/C13H19BrN2O.ClH/c1-13(2,3)6-7-16-12(17)10-5-4-9(14)8-11(10)15;/h4-5,8H,6-7,15H2,1-3H3,(H,16,17);1H. The number of carbonyl (C=O) groups excluding carboxylic acids is 1. The zero-order valence-corrected chi connectivity index (χ0v) is 13.3. The van der Waals surface area contributed by atoms with Gasteiger partial charge in [-0.2, -0.15) is 0 Å². The molecule has 102 valence electrons. The van der Waals surface area contributed by atoms with E-state index in [9.17, 15) is 4.79 Å². The maximum atomic E-state index is 11.9. The summed E-state index contributed by atoms with van der Waals surface area (Å²) in [5, 5.41) is 2.88. The van der Waals surface area contributed by atoms with E-state index in [4.69, 9.17) is 5.73 Å². The van der Waals surface area contributed by atoms with Crippen LogP contribution in [0.1, 0.15) is 37.6 Å². The fourth-order valence-electron chi connectivity index (χ4n) is 1.39. The highest BCUT2D eigenvalue weighted by molar-refractivity contribution is 9.10. The van der Waals surface area contributed by atoms with Crippen LogP contribution in [0.3, 0.4) is 0 Å². The van der Waals surface area contributed by atoms with E-state index in [1.165, 1.54) is 0 Å². The van der Waals surface area contributed by atoms with Crippen molar-refractivity contribution in [3.05, 3.63) is 28.2 Å². The van der Waals surface area contributed by atoms with Gasteiger partial charge >= 0.3 is 0 Å². The second kappa shape index (κ2) is 7.00. The summed E-state index contributed by atoms with van der Waals surface area (Å²) in [6.45, 7) is 7.10. The van der Waals surface area contributed by atoms with Crippen LogP contribution >= 0.6 is 28.3 Å². The number of rotatable bonds is 3. The van der Waals surface area contributed by atoms with Crippen LogP contribution in [0.5, 0.6) is 0 Å². The fraction of sp³-hybridized carbons (Fsp3) is 0.462. The van der Waals surface area contributed by atoms with Crippen molar-refractivity contribution in [3.8, 4) is 0 Å². The molecule has 3 N–H and O–H groups in total. The molecule has 0 aromatic heterocycles. The molecule has 0 bridgehead atoms. The zero-order valence-electron chi connectivity index (χ0n) is 10.9. The summed E-state index contributed by atoms with van der Waals surface area (Å²) in [4.78, 5) is 11.9. The van der Waals surface area contributed by atoms with Gasteiger partial charge in [0.2, 0.25) is 0 Å². The topological polar surface area (TPSA) is 55.1 Å². The molecule has 0 aliphatic rings. The van der Waals surface area contributed by atoms with Gasteiger partial charge in [-0.05, 0) is 30.0 Å². The molecule has 0 aliphatic heterocycles. The van der Waals surface area contributed by atoms with Crippen molar-refractivity contribution < 1.29 is 4.79 Å². The number of amides is 1. The summed E-state index contributed by atoms with van der Waals surface area (Å²) in [5.74, 6) is -0.112. The van der Waals surface area contributed by atoms with Crippen LogP contribution in [0.25, 0.3) is 0 Å². The van der Waals surface area contributed by atoms with E-state index in [-0.39, 0.29) is 23.7 Å². The van der Waals surface area contributed by atoms with E-state index in [0.29, 0.717) is 17.8 Å². The number of nitrogens with two attached hydrogens (primary N) is 1. The molecule has 1 amide bonds. The first-order valence-corrected chi connectivity index (χ1v) is 6.42. The van der Waals surface area contributed by atoms with E-state index in [0.717, 1.165) is 10.9 Å². The minimum absolute atomic E-state index is 0. The first kappa shape index (κ1) is 17.3. The molecular weight excluding hydrogens is 316 g/mol. The predicted molar refractivity (Wildman–Crippen MR) is 82.2 cm³/mol. The molecule has 0 unspecified atom stereocenters. The van der Waals surface area contributed by atoms with Crippen molar-refractivity contribution in [2.24, 2.45) is 5.41 Å². The average molecular weight is 336 g/mol. The molecule has 0 heterocycles. The molecule has 1 rings (SSSR count). The van der Waals surface area contributed by atoms with Gasteiger partial charge < -0.3 is 11.1 Å². The molecule has 3 nitrogen and oxygen atoms in total. The predicted octanol–water partition coefficient (Wildman–Crippen LogP) is 3.62. The van der Waals surface area contributed by atoms with Crippen molar-refractivity contribution in [1.29, 1.82) is 0 Å². The average Bonchev–Trinajstić information content (AvgIpc) is 2.15. The molecule has 18 heavy (non-hydrogen) atoms. The second-order valence-electron chi connectivity index (χ2n) is 5.30. The molecule has 0 radical (unpaired) electrons. The smallest absolute Gasteiger partial charge is 0.253 e. The first-order valence-electron chi connectivity index (χ1n) is 5.63. The monoisotopic (exact) mass is 334 g/mol. The van der Waals surface area contributed by atoms with Gasteiger partial charge in [-0.25, -0.2) is 0 Å². The van der Waals surface area contributed by atoms with E-state index in [2.05, 4.69) is 42.0 Å². The van der Waals surface area contributed by atoms with Gasteiger partial charge in [0, 0.05) is 16.7 Å². The van der Waals surface area contributed by atoms with Crippen molar-refractivity contribution in [2.45, 2.75) is 27.2 Å². The van der Waals surface area contributed by atoms with Gasteiger partial charge in [-0.1, -0.05) is 36.7 Å². The highest BCUT2D eigenvalue weighted by atomic mass is 79.9. The Morgan fingerprint density at radius 1 is 1.39 bits per heavy atom. The van der Waals surface area contributed by atoms with E-state index < -0.39 is 0 Å². The number of hydrogen-bond acceptors (Lipinski definition) is 2. The van der Waals surface area contributed by atoms with Crippen molar-refractivity contribution >= 4 is 39.9 Å². The molecule has 0 saturated carbocycles. The van der Waals surface area contributed by atoms with Gasteiger partial charge in [-0.15, -0.1) is 12.4 Å². The van der Waals surface area contributed by atoms with Crippen LogP contribution in [0, 0.1) is 5.41 Å². The Kier molecular flexibility index (Phi) is 6.71. The largest absolute Gasteiger partial charge is 0.398 e. The molecular formula is C13H20BrClN2O. The lowest BCUT2D eigenvalue weighted by atomic mass is 9.92. The van der Waals surface area contributed by atoms with Crippen LogP contribution < -0.4 is 11.1 Å². The summed E-state index contributed by atoms with van der Waals surface area (Å²) in [5.41, 5.74) is 7.03. The Balaban J connectivity index is 0.00000289. The lowest BCUT2D eigenvalue weighted by Crippen LogP contribution is -2.27. The first-order chi connectivity index (χ1) is 7.79. The number of hydrogen-bond donors (Lipinski definition) is 2. The molecule has 0 aliphatic carbocycles. The number of benzene rings is 1. The Bertz CT molecular complexity index is 416. The van der Waals surface area contributed by atoms with Crippen molar-refractivity contribution in [3.63, 3.8) is 0 Å². The van der Waals surface area contributed by atoms with Crippen LogP contribution in [0.15, 0.2) is 22.7 Å². The van der Waals surface area contributed by atoms with Crippen molar-refractivity contribution in [1.82, 2.24) is 5.32 Å². The molecule has 5 heteroatoms. The second-order valence-corrected chi connectivity index (χ2v) is 6.21. The minimum atomic E-state index is -0.112. The van der Waals surface area contributed by atoms with E-state index in [1.807, 2.05) is 6.07 Å². The van der Waals surface area contributed by atoms with Crippen LogP contribution in [0.4, 0.5) is 5.69 Å². The third-order valence-electron chi connectivity index (χ3n) is 2.42. The summed E-state index contributed by atoms with van der Waals surface area (Å²) in [7, 11) is 0. The van der Waals surface area contributed by atoms with Crippen LogP contribution in [0.2, 0.25) is 0 Å². The van der Waals surface area contributed by atoms with Crippen LogP contribution in [-0.2, 0) is 0 Å². The summed E-state index contributed by atoms with van der Waals surface area (Å²) >= 11 is 3.31. The normalized spacial score (nSPS) is 10.7. The fourth-order valence-corrected chi connectivity index (χ4v) is 1.77. The van der Waals surface area contributed by atoms with E-state index in [1.54, 1.807) is 12.1 Å². The van der Waals surface area contributed by atoms with Gasteiger partial charge in [0.1, 0.15) is 0 Å². The Morgan fingerprint density at radius 2 is 2.00 bits per heavy atom. The Labute approximate surface area is 123 Å². The quantitative estimate of drug-likeness (QED) is 0.829. The summed E-state index contributed by atoms with van der Waals surface area (Å²) in [6.07, 6.45) is 0.940. The van der Waals surface area contributed by atoms with Gasteiger partial charge in [0.15, 0.2) is 0 Å². The SMILES string of the molecule is CC(C)(C)CCNC(=O)c1ccc(Br)cc1N.Cl. The molecule has 1 aromatic carbocycles. The highest BCUT2D eigenvalue weighted by Crippen LogP contribution is 2.19. The molecule has 1 aromatic rings. The number of nitrogen functional groups attached to an aromatic ring is 1. The Morgan fingerprint density at radius 3 is 2.50 bits per heavy atom. The molecule has 0 saturated heterocycles. The maximum Gasteiger partial charge on any atom is 0.253 e.